The maximum atomic E-state index is 12.3. The topological polar surface area (TPSA) is 71.1 Å². The van der Waals surface area contributed by atoms with Gasteiger partial charge in [-0.3, -0.25) is 14.7 Å². The van der Waals surface area contributed by atoms with Crippen LogP contribution in [0.5, 0.6) is 5.75 Å². The number of nitrogens with zero attached hydrogens (tertiary/aromatic N) is 3. The van der Waals surface area contributed by atoms with Crippen molar-refractivity contribution in [3.05, 3.63) is 76.5 Å². The fourth-order valence-corrected chi connectivity index (χ4v) is 3.90. The summed E-state index contributed by atoms with van der Waals surface area (Å²) in [6, 6.07) is 13.8. The maximum absolute atomic E-state index is 12.3. The average molecular weight is 390 g/mol. The Morgan fingerprint density at radius 2 is 1.93 bits per heavy atom. The van der Waals surface area contributed by atoms with E-state index in [9.17, 15) is 4.79 Å². The van der Waals surface area contributed by atoms with Gasteiger partial charge in [0.15, 0.2) is 0 Å². The van der Waals surface area contributed by atoms with E-state index in [1.807, 2.05) is 31.2 Å². The van der Waals surface area contributed by atoms with Crippen LogP contribution in [0.2, 0.25) is 0 Å². The smallest absolute Gasteiger partial charge is 0.251 e. The second-order valence-electron chi connectivity index (χ2n) is 7.31. The van der Waals surface area contributed by atoms with Crippen LogP contribution in [0.25, 0.3) is 11.4 Å². The molecule has 2 aromatic heterocycles. The number of ether oxygens (including phenoxy) is 1. The Kier molecular flexibility index (Phi) is 6.00. The third-order valence-electron chi connectivity index (χ3n) is 5.29. The summed E-state index contributed by atoms with van der Waals surface area (Å²) in [5.41, 5.74) is 2.83. The van der Waals surface area contributed by atoms with Gasteiger partial charge in [0.05, 0.1) is 18.3 Å². The summed E-state index contributed by atoms with van der Waals surface area (Å²) in [5, 5.41) is 0. The summed E-state index contributed by atoms with van der Waals surface area (Å²) >= 11 is 0. The van der Waals surface area contributed by atoms with Crippen molar-refractivity contribution < 1.29 is 4.74 Å². The van der Waals surface area contributed by atoms with Gasteiger partial charge in [0.2, 0.25) is 0 Å². The Balaban J connectivity index is 1.59. The van der Waals surface area contributed by atoms with Crippen molar-refractivity contribution in [3.8, 4) is 17.1 Å². The number of piperidine rings is 1. The number of H-pyrrole nitrogens is 1. The average Bonchev–Trinajstić information content (AvgIpc) is 2.76. The van der Waals surface area contributed by atoms with E-state index in [1.165, 1.54) is 5.56 Å². The Morgan fingerprint density at radius 3 is 2.69 bits per heavy atom. The molecule has 29 heavy (non-hydrogen) atoms. The van der Waals surface area contributed by atoms with Gasteiger partial charge < -0.3 is 9.72 Å². The largest absolute Gasteiger partial charge is 0.494 e. The summed E-state index contributed by atoms with van der Waals surface area (Å²) in [7, 11) is 0. The van der Waals surface area contributed by atoms with E-state index in [4.69, 9.17) is 9.72 Å². The monoisotopic (exact) mass is 390 g/mol. The van der Waals surface area contributed by atoms with Crippen LogP contribution in [-0.2, 0) is 6.54 Å². The molecule has 6 heteroatoms. The molecule has 150 valence electrons. The van der Waals surface area contributed by atoms with Crippen molar-refractivity contribution in [2.75, 3.05) is 13.2 Å². The first-order valence-corrected chi connectivity index (χ1v) is 10.2. The molecule has 0 saturated carbocycles. The molecule has 6 nitrogen and oxygen atoms in total. The number of nitrogens with one attached hydrogen (secondary N) is 1. The summed E-state index contributed by atoms with van der Waals surface area (Å²) in [5.74, 6) is 1.49. The van der Waals surface area contributed by atoms with Crippen LogP contribution in [-0.4, -0.2) is 33.0 Å². The van der Waals surface area contributed by atoms with Gasteiger partial charge in [0.25, 0.3) is 5.56 Å². The third kappa shape index (κ3) is 4.71. The molecule has 1 aliphatic rings. The molecule has 3 heterocycles. The minimum Gasteiger partial charge on any atom is -0.494 e. The zero-order valence-electron chi connectivity index (χ0n) is 16.7. The van der Waals surface area contributed by atoms with Crippen LogP contribution in [0.1, 0.15) is 43.5 Å². The number of hydrogen-bond acceptors (Lipinski definition) is 5. The van der Waals surface area contributed by atoms with Crippen molar-refractivity contribution >= 4 is 0 Å². The highest BCUT2D eigenvalue weighted by atomic mass is 16.5. The molecule has 0 radical (unpaired) electrons. The second kappa shape index (κ2) is 9.01. The number of pyridine rings is 1. The van der Waals surface area contributed by atoms with Crippen LogP contribution in [0.4, 0.5) is 0 Å². The van der Waals surface area contributed by atoms with E-state index in [1.54, 1.807) is 18.5 Å². The van der Waals surface area contributed by atoms with Crippen LogP contribution < -0.4 is 10.3 Å². The molecule has 0 bridgehead atoms. The Labute approximate surface area is 170 Å². The van der Waals surface area contributed by atoms with E-state index < -0.39 is 0 Å². The zero-order chi connectivity index (χ0) is 20.1. The molecule has 0 aliphatic carbocycles. The maximum Gasteiger partial charge on any atom is 0.251 e. The summed E-state index contributed by atoms with van der Waals surface area (Å²) in [6.07, 6.45) is 6.72. The molecular weight excluding hydrogens is 364 g/mol. The van der Waals surface area contributed by atoms with Gasteiger partial charge >= 0.3 is 0 Å². The first kappa shape index (κ1) is 19.3. The third-order valence-corrected chi connectivity index (χ3v) is 5.29. The van der Waals surface area contributed by atoms with E-state index in [-0.39, 0.29) is 11.6 Å². The zero-order valence-corrected chi connectivity index (χ0v) is 16.7. The number of aromatic amines is 1. The van der Waals surface area contributed by atoms with Crippen molar-refractivity contribution in [1.29, 1.82) is 0 Å². The Bertz CT molecular complexity index is 986. The number of likely N-dealkylation sites (tertiary alicyclic amines) is 1. The van der Waals surface area contributed by atoms with Gasteiger partial charge in [-0.2, -0.15) is 0 Å². The first-order chi connectivity index (χ1) is 14.2. The highest BCUT2D eigenvalue weighted by molar-refractivity contribution is 5.53. The summed E-state index contributed by atoms with van der Waals surface area (Å²) in [6.45, 7) is 4.48. The Morgan fingerprint density at radius 1 is 1.14 bits per heavy atom. The number of rotatable bonds is 6. The van der Waals surface area contributed by atoms with Gasteiger partial charge in [-0.25, -0.2) is 4.98 Å². The second-order valence-corrected chi connectivity index (χ2v) is 7.31. The normalized spacial score (nSPS) is 17.2. The predicted octanol–water partition coefficient (Wildman–Crippen LogP) is 3.96. The van der Waals surface area contributed by atoms with Crippen LogP contribution in [0.15, 0.2) is 59.7 Å². The quantitative estimate of drug-likeness (QED) is 0.690. The van der Waals surface area contributed by atoms with E-state index in [2.05, 4.69) is 27.0 Å². The standard InChI is InChI=1S/C23H26N4O2/c1-2-29-19-8-6-17(7-9-19)16-27-14-4-3-5-21(27)20-15-22(28)26-23(25-20)18-10-12-24-13-11-18/h6-13,15,21H,2-5,14,16H2,1H3,(H,25,26,28)/t21-/m0/s1. The van der Waals surface area contributed by atoms with Crippen molar-refractivity contribution in [3.63, 3.8) is 0 Å². The van der Waals surface area contributed by atoms with Crippen LogP contribution >= 0.6 is 0 Å². The lowest BCUT2D eigenvalue weighted by atomic mass is 9.98. The van der Waals surface area contributed by atoms with Crippen LogP contribution in [0, 0.1) is 0 Å². The van der Waals surface area contributed by atoms with Crippen molar-refractivity contribution in [1.82, 2.24) is 19.9 Å². The van der Waals surface area contributed by atoms with Crippen LogP contribution in [0.3, 0.4) is 0 Å². The summed E-state index contributed by atoms with van der Waals surface area (Å²) in [4.78, 5) is 26.5. The van der Waals surface area contributed by atoms with Gasteiger partial charge in [-0.05, 0) is 56.1 Å². The molecule has 1 atom stereocenters. The highest BCUT2D eigenvalue weighted by Crippen LogP contribution is 2.31. The molecule has 0 amide bonds. The molecule has 1 N–H and O–H groups in total. The molecule has 1 aliphatic heterocycles. The molecule has 3 aromatic rings. The van der Waals surface area contributed by atoms with Gasteiger partial charge in [0.1, 0.15) is 11.6 Å². The lowest BCUT2D eigenvalue weighted by Crippen LogP contribution is -2.34. The van der Waals surface area contributed by atoms with Gasteiger partial charge in [0, 0.05) is 30.6 Å². The fraction of sp³-hybridized carbons (Fsp3) is 0.348. The summed E-state index contributed by atoms with van der Waals surface area (Å²) < 4.78 is 5.54. The minimum atomic E-state index is -0.117. The molecular formula is C23H26N4O2. The SMILES string of the molecule is CCOc1ccc(CN2CCCC[C@H]2c2cc(=O)[nH]c(-c3ccncc3)n2)cc1. The van der Waals surface area contributed by atoms with E-state index in [0.717, 1.165) is 49.4 Å². The minimum absolute atomic E-state index is 0.117. The number of benzene rings is 1. The lowest BCUT2D eigenvalue weighted by molar-refractivity contribution is 0.137. The Hall–Kier alpha value is -2.99. The van der Waals surface area contributed by atoms with E-state index in [0.29, 0.717) is 12.4 Å². The molecule has 1 aromatic carbocycles. The highest BCUT2D eigenvalue weighted by Gasteiger charge is 2.26. The van der Waals surface area contributed by atoms with Crippen molar-refractivity contribution in [2.24, 2.45) is 0 Å². The van der Waals surface area contributed by atoms with Gasteiger partial charge in [-0.15, -0.1) is 0 Å². The predicted molar refractivity (Wildman–Crippen MR) is 113 cm³/mol. The lowest BCUT2D eigenvalue weighted by Gasteiger charge is -2.35. The first-order valence-electron chi connectivity index (χ1n) is 10.2. The molecule has 1 fully saturated rings. The molecule has 0 spiro atoms. The van der Waals surface area contributed by atoms with E-state index >= 15 is 0 Å². The van der Waals surface area contributed by atoms with Crippen molar-refractivity contribution in [2.45, 2.75) is 38.8 Å². The number of aromatic nitrogens is 3. The number of hydrogen-bond donors (Lipinski definition) is 1. The molecule has 4 rings (SSSR count). The molecule has 1 saturated heterocycles. The molecule has 0 unspecified atom stereocenters. The fourth-order valence-electron chi connectivity index (χ4n) is 3.90. The van der Waals surface area contributed by atoms with Gasteiger partial charge in [-0.1, -0.05) is 18.6 Å².